The highest BCUT2D eigenvalue weighted by Crippen LogP contribution is 2.17. The van der Waals surface area contributed by atoms with Gasteiger partial charge in [0.05, 0.1) is 11.9 Å². The molecule has 0 radical (unpaired) electrons. The van der Waals surface area contributed by atoms with Crippen LogP contribution in [0.4, 0.5) is 0 Å². The molecule has 0 spiro atoms. The van der Waals surface area contributed by atoms with Crippen molar-refractivity contribution in [1.82, 2.24) is 4.72 Å². The van der Waals surface area contributed by atoms with Gasteiger partial charge in [-0.15, -0.1) is 0 Å². The molecule has 1 saturated heterocycles. The fourth-order valence-corrected chi connectivity index (χ4v) is 3.38. The fraction of sp³-hybridized carbons (Fsp3) is 0.500. The van der Waals surface area contributed by atoms with Gasteiger partial charge in [-0.05, 0) is 24.5 Å². The molecular weight excluding hydrogens is 274 g/mol. The highest BCUT2D eigenvalue weighted by atomic mass is 35.5. The summed E-state index contributed by atoms with van der Waals surface area (Å²) in [5.41, 5.74) is 0.610. The molecular formula is C12H16ClNO3S. The topological polar surface area (TPSA) is 55.4 Å². The van der Waals surface area contributed by atoms with E-state index in [0.717, 1.165) is 19.4 Å². The van der Waals surface area contributed by atoms with Crippen molar-refractivity contribution in [3.63, 3.8) is 0 Å². The average Bonchev–Trinajstić information content (AvgIpc) is 2.83. The summed E-state index contributed by atoms with van der Waals surface area (Å²) in [5, 5.41) is 0.472. The van der Waals surface area contributed by atoms with E-state index >= 15 is 0 Å². The normalized spacial score (nSPS) is 20.2. The molecule has 1 aliphatic rings. The van der Waals surface area contributed by atoms with Crippen molar-refractivity contribution in [3.05, 3.63) is 34.9 Å². The first kappa shape index (κ1) is 13.8. The van der Waals surface area contributed by atoms with Crippen LogP contribution in [-0.4, -0.2) is 27.7 Å². The van der Waals surface area contributed by atoms with Crippen LogP contribution in [0.3, 0.4) is 0 Å². The van der Waals surface area contributed by atoms with Crippen molar-refractivity contribution in [3.8, 4) is 0 Å². The van der Waals surface area contributed by atoms with E-state index < -0.39 is 10.0 Å². The van der Waals surface area contributed by atoms with Crippen LogP contribution in [0.2, 0.25) is 5.02 Å². The summed E-state index contributed by atoms with van der Waals surface area (Å²) in [7, 11) is -3.36. The molecule has 100 valence electrons. The molecule has 1 aromatic carbocycles. The van der Waals surface area contributed by atoms with Crippen LogP contribution in [0, 0.1) is 0 Å². The van der Waals surface area contributed by atoms with Gasteiger partial charge in [0.15, 0.2) is 0 Å². The first-order chi connectivity index (χ1) is 8.57. The predicted molar refractivity (Wildman–Crippen MR) is 71.1 cm³/mol. The number of halogens is 1. The first-order valence-corrected chi connectivity index (χ1v) is 7.92. The van der Waals surface area contributed by atoms with Crippen LogP contribution in [0.15, 0.2) is 24.3 Å². The molecule has 1 heterocycles. The number of hydrogen-bond donors (Lipinski definition) is 1. The summed E-state index contributed by atoms with van der Waals surface area (Å²) >= 11 is 5.94. The summed E-state index contributed by atoms with van der Waals surface area (Å²) < 4.78 is 31.7. The molecule has 0 unspecified atom stereocenters. The Bertz CT molecular complexity index is 498. The summed E-state index contributed by atoms with van der Waals surface area (Å²) in [6.07, 6.45) is 1.91. The van der Waals surface area contributed by atoms with E-state index in [1.54, 1.807) is 24.3 Å². The van der Waals surface area contributed by atoms with Crippen molar-refractivity contribution in [2.24, 2.45) is 0 Å². The number of nitrogens with one attached hydrogen (secondary N) is 1. The summed E-state index contributed by atoms with van der Waals surface area (Å²) in [5.74, 6) is -0.0978. The second-order valence-corrected chi connectivity index (χ2v) is 6.55. The molecule has 2 rings (SSSR count). The lowest BCUT2D eigenvalue weighted by molar-refractivity contribution is 0.114. The van der Waals surface area contributed by atoms with Crippen molar-refractivity contribution in [2.75, 3.05) is 13.2 Å². The molecule has 1 N–H and O–H groups in total. The quantitative estimate of drug-likeness (QED) is 0.901. The zero-order valence-corrected chi connectivity index (χ0v) is 11.5. The van der Waals surface area contributed by atoms with E-state index in [9.17, 15) is 8.42 Å². The molecule has 1 aliphatic heterocycles. The highest BCUT2D eigenvalue weighted by molar-refractivity contribution is 7.88. The van der Waals surface area contributed by atoms with E-state index in [1.165, 1.54) is 0 Å². The summed E-state index contributed by atoms with van der Waals surface area (Å²) in [6.45, 7) is 1.06. The molecule has 1 fully saturated rings. The van der Waals surface area contributed by atoms with Gasteiger partial charge in [-0.25, -0.2) is 13.1 Å². The largest absolute Gasteiger partial charge is 0.377 e. The van der Waals surface area contributed by atoms with Gasteiger partial charge in [0.2, 0.25) is 10.0 Å². The third kappa shape index (κ3) is 3.95. The Kier molecular flexibility index (Phi) is 4.61. The smallest absolute Gasteiger partial charge is 0.215 e. The molecule has 18 heavy (non-hydrogen) atoms. The van der Waals surface area contributed by atoms with Crippen LogP contribution in [-0.2, 0) is 20.5 Å². The standard InChI is InChI=1S/C12H16ClNO3S/c13-12-6-2-1-4-10(12)9-18(15,16)14-8-11-5-3-7-17-11/h1-2,4,6,11,14H,3,5,7-9H2/t11-/m0/s1. The third-order valence-electron chi connectivity index (χ3n) is 2.86. The number of benzene rings is 1. The molecule has 1 aromatic rings. The molecule has 1 atom stereocenters. The van der Waals surface area contributed by atoms with Gasteiger partial charge in [0, 0.05) is 18.2 Å². The Balaban J connectivity index is 1.92. The number of sulfonamides is 1. The maximum absolute atomic E-state index is 11.9. The predicted octanol–water partition coefficient (Wildman–Crippen LogP) is 1.94. The van der Waals surface area contributed by atoms with E-state index in [1.807, 2.05) is 0 Å². The van der Waals surface area contributed by atoms with Crippen molar-refractivity contribution < 1.29 is 13.2 Å². The molecule has 0 aromatic heterocycles. The monoisotopic (exact) mass is 289 g/mol. The number of ether oxygens (including phenoxy) is 1. The molecule has 0 amide bonds. The van der Waals surface area contributed by atoms with Gasteiger partial charge in [0.1, 0.15) is 0 Å². The summed E-state index contributed by atoms with van der Waals surface area (Å²) in [6, 6.07) is 6.95. The van der Waals surface area contributed by atoms with Gasteiger partial charge in [-0.2, -0.15) is 0 Å². The van der Waals surface area contributed by atoms with Gasteiger partial charge in [-0.1, -0.05) is 29.8 Å². The Morgan fingerprint density at radius 1 is 1.39 bits per heavy atom. The van der Waals surface area contributed by atoms with E-state index in [-0.39, 0.29) is 11.9 Å². The average molecular weight is 290 g/mol. The van der Waals surface area contributed by atoms with Crippen LogP contribution < -0.4 is 4.72 Å². The second-order valence-electron chi connectivity index (χ2n) is 4.33. The van der Waals surface area contributed by atoms with Gasteiger partial charge >= 0.3 is 0 Å². The fourth-order valence-electron chi connectivity index (χ4n) is 1.90. The Morgan fingerprint density at radius 2 is 2.17 bits per heavy atom. The lowest BCUT2D eigenvalue weighted by Gasteiger charge is -2.11. The zero-order chi connectivity index (χ0) is 13.0. The van der Waals surface area contributed by atoms with Crippen molar-refractivity contribution in [2.45, 2.75) is 24.7 Å². The lowest BCUT2D eigenvalue weighted by Crippen LogP contribution is -2.32. The van der Waals surface area contributed by atoms with E-state index in [0.29, 0.717) is 17.1 Å². The minimum atomic E-state index is -3.36. The van der Waals surface area contributed by atoms with Gasteiger partial charge < -0.3 is 4.74 Å². The number of rotatable bonds is 5. The SMILES string of the molecule is O=S(=O)(Cc1ccccc1Cl)NC[C@@H]1CCCO1. The summed E-state index contributed by atoms with van der Waals surface area (Å²) in [4.78, 5) is 0. The highest BCUT2D eigenvalue weighted by Gasteiger charge is 2.19. The maximum atomic E-state index is 11.9. The van der Waals surface area contributed by atoms with Crippen LogP contribution in [0.25, 0.3) is 0 Å². The Morgan fingerprint density at radius 3 is 2.83 bits per heavy atom. The molecule has 0 saturated carbocycles. The number of hydrogen-bond acceptors (Lipinski definition) is 3. The first-order valence-electron chi connectivity index (χ1n) is 5.89. The minimum absolute atomic E-state index is 0.00557. The molecule has 4 nitrogen and oxygen atoms in total. The van der Waals surface area contributed by atoms with Crippen LogP contribution in [0.1, 0.15) is 18.4 Å². The Labute approximate surface area is 112 Å². The van der Waals surface area contributed by atoms with E-state index in [2.05, 4.69) is 4.72 Å². The van der Waals surface area contributed by atoms with Gasteiger partial charge in [-0.3, -0.25) is 0 Å². The maximum Gasteiger partial charge on any atom is 0.215 e. The zero-order valence-electron chi connectivity index (χ0n) is 9.93. The molecule has 6 heteroatoms. The van der Waals surface area contributed by atoms with E-state index in [4.69, 9.17) is 16.3 Å². The van der Waals surface area contributed by atoms with Crippen LogP contribution in [0.5, 0.6) is 0 Å². The lowest BCUT2D eigenvalue weighted by atomic mass is 10.2. The Hall–Kier alpha value is -0.620. The molecule has 0 aliphatic carbocycles. The second kappa shape index (κ2) is 6.02. The minimum Gasteiger partial charge on any atom is -0.377 e. The van der Waals surface area contributed by atoms with Crippen LogP contribution >= 0.6 is 11.6 Å². The molecule has 0 bridgehead atoms. The van der Waals surface area contributed by atoms with Crippen molar-refractivity contribution >= 4 is 21.6 Å². The van der Waals surface area contributed by atoms with Gasteiger partial charge in [0.25, 0.3) is 0 Å². The van der Waals surface area contributed by atoms with Crippen molar-refractivity contribution in [1.29, 1.82) is 0 Å². The third-order valence-corrected chi connectivity index (χ3v) is 4.52.